The van der Waals surface area contributed by atoms with Crippen molar-refractivity contribution in [2.45, 2.75) is 25.8 Å². The van der Waals surface area contributed by atoms with Crippen LogP contribution in [0.1, 0.15) is 19.8 Å². The van der Waals surface area contributed by atoms with Crippen molar-refractivity contribution in [2.75, 3.05) is 25.2 Å². The van der Waals surface area contributed by atoms with Crippen LogP contribution in [0.15, 0.2) is 0 Å². The summed E-state index contributed by atoms with van der Waals surface area (Å²) >= 11 is 0. The summed E-state index contributed by atoms with van der Waals surface area (Å²) < 4.78 is 4.73. The van der Waals surface area contributed by atoms with Crippen LogP contribution in [0.3, 0.4) is 0 Å². The standard InChI is InChI=1S/C12H20N2O6S2/c1-8(15)20-5-6-21-22-7-9(12(18)19)14-11(17)4-3-10(16)13-2/h9H,3-7H2,1-2H3,(H,13,16)(H,14,17)(H,18,19). The molecule has 0 rings (SSSR count). The fourth-order valence-electron chi connectivity index (χ4n) is 1.19. The van der Waals surface area contributed by atoms with Gasteiger partial charge in [-0.15, -0.1) is 0 Å². The average Bonchev–Trinajstić information content (AvgIpc) is 2.46. The second-order valence-corrected chi connectivity index (χ2v) is 6.71. The fraction of sp³-hybridized carbons (Fsp3) is 0.667. The summed E-state index contributed by atoms with van der Waals surface area (Å²) in [5.41, 5.74) is 0. The van der Waals surface area contributed by atoms with Crippen LogP contribution < -0.4 is 10.6 Å². The number of amides is 2. The van der Waals surface area contributed by atoms with Gasteiger partial charge in [0, 0.05) is 38.3 Å². The first kappa shape index (κ1) is 20.6. The molecular weight excluding hydrogens is 332 g/mol. The van der Waals surface area contributed by atoms with Crippen molar-refractivity contribution in [3.63, 3.8) is 0 Å². The molecule has 0 fully saturated rings. The zero-order valence-electron chi connectivity index (χ0n) is 12.4. The first-order chi connectivity index (χ1) is 10.4. The molecule has 3 N–H and O–H groups in total. The van der Waals surface area contributed by atoms with Crippen LogP contribution in [0.2, 0.25) is 0 Å². The van der Waals surface area contributed by atoms with Crippen molar-refractivity contribution in [1.82, 2.24) is 10.6 Å². The van der Waals surface area contributed by atoms with Gasteiger partial charge in [0.05, 0.1) is 0 Å². The molecule has 2 amide bonds. The lowest BCUT2D eigenvalue weighted by Crippen LogP contribution is -2.42. The van der Waals surface area contributed by atoms with E-state index in [-0.39, 0.29) is 37.1 Å². The van der Waals surface area contributed by atoms with Crippen LogP contribution in [0, 0.1) is 0 Å². The van der Waals surface area contributed by atoms with Crippen LogP contribution in [0.4, 0.5) is 0 Å². The summed E-state index contributed by atoms with van der Waals surface area (Å²) in [6, 6.07) is -1.02. The number of carboxylic acid groups (broad SMARTS) is 1. The summed E-state index contributed by atoms with van der Waals surface area (Å²) in [5.74, 6) is -1.56. The highest BCUT2D eigenvalue weighted by molar-refractivity contribution is 8.76. The van der Waals surface area contributed by atoms with E-state index in [0.29, 0.717) is 5.75 Å². The molecule has 126 valence electrons. The molecule has 0 saturated heterocycles. The van der Waals surface area contributed by atoms with Crippen molar-refractivity contribution in [3.8, 4) is 0 Å². The van der Waals surface area contributed by atoms with E-state index in [0.717, 1.165) is 0 Å². The number of rotatable bonds is 11. The lowest BCUT2D eigenvalue weighted by molar-refractivity contribution is -0.141. The predicted octanol–water partition coefficient (Wildman–Crippen LogP) is 0.0265. The van der Waals surface area contributed by atoms with E-state index in [9.17, 15) is 19.2 Å². The number of ether oxygens (including phenoxy) is 1. The van der Waals surface area contributed by atoms with E-state index in [2.05, 4.69) is 10.6 Å². The maximum atomic E-state index is 11.6. The molecule has 0 spiro atoms. The molecule has 8 nitrogen and oxygen atoms in total. The fourth-order valence-corrected chi connectivity index (χ4v) is 3.17. The van der Waals surface area contributed by atoms with Crippen LogP contribution in [0.5, 0.6) is 0 Å². The lowest BCUT2D eigenvalue weighted by Gasteiger charge is -2.13. The number of carboxylic acids is 1. The molecule has 0 saturated carbocycles. The molecule has 22 heavy (non-hydrogen) atoms. The second-order valence-electron chi connectivity index (χ2n) is 4.08. The van der Waals surface area contributed by atoms with Gasteiger partial charge >= 0.3 is 11.9 Å². The third kappa shape index (κ3) is 11.3. The number of carbonyl (C=O) groups is 4. The number of esters is 1. The first-order valence-electron chi connectivity index (χ1n) is 6.47. The minimum absolute atomic E-state index is 0.0128. The van der Waals surface area contributed by atoms with Crippen molar-refractivity contribution < 1.29 is 29.0 Å². The number of aliphatic carboxylic acids is 1. The molecule has 0 heterocycles. The van der Waals surface area contributed by atoms with Crippen LogP contribution in [0.25, 0.3) is 0 Å². The molecule has 10 heteroatoms. The smallest absolute Gasteiger partial charge is 0.327 e. The minimum Gasteiger partial charge on any atom is -0.480 e. The Morgan fingerprint density at radius 2 is 1.77 bits per heavy atom. The molecule has 1 unspecified atom stereocenters. The monoisotopic (exact) mass is 352 g/mol. The molecular formula is C12H20N2O6S2. The highest BCUT2D eigenvalue weighted by Gasteiger charge is 2.20. The molecule has 0 aliphatic rings. The summed E-state index contributed by atoms with van der Waals surface area (Å²) in [4.78, 5) is 44.2. The number of hydrogen-bond donors (Lipinski definition) is 3. The van der Waals surface area contributed by atoms with Crippen molar-refractivity contribution in [1.29, 1.82) is 0 Å². The highest BCUT2D eigenvalue weighted by Crippen LogP contribution is 2.21. The van der Waals surface area contributed by atoms with Gasteiger partial charge in [-0.05, 0) is 0 Å². The molecule has 0 aliphatic heterocycles. The minimum atomic E-state index is -1.14. The Hall–Kier alpha value is -1.42. The van der Waals surface area contributed by atoms with Crippen LogP contribution in [-0.4, -0.2) is 60.1 Å². The maximum absolute atomic E-state index is 11.6. The number of carbonyl (C=O) groups excluding carboxylic acids is 3. The molecule has 0 aromatic carbocycles. The third-order valence-electron chi connectivity index (χ3n) is 2.28. The molecule has 0 aliphatic carbocycles. The Balaban J connectivity index is 3.95. The zero-order valence-corrected chi connectivity index (χ0v) is 14.1. The van der Waals surface area contributed by atoms with Gasteiger partial charge < -0.3 is 20.5 Å². The van der Waals surface area contributed by atoms with Gasteiger partial charge in [-0.3, -0.25) is 14.4 Å². The Morgan fingerprint density at radius 1 is 1.14 bits per heavy atom. The topological polar surface area (TPSA) is 122 Å². The number of nitrogens with one attached hydrogen (secondary N) is 2. The Kier molecular flexibility index (Phi) is 11.4. The van der Waals surface area contributed by atoms with E-state index in [4.69, 9.17) is 9.84 Å². The Labute approximate surface area is 136 Å². The van der Waals surface area contributed by atoms with E-state index >= 15 is 0 Å². The molecule has 0 radical (unpaired) electrons. The summed E-state index contributed by atoms with van der Waals surface area (Å²) in [6.45, 7) is 1.57. The van der Waals surface area contributed by atoms with Crippen LogP contribution in [-0.2, 0) is 23.9 Å². The summed E-state index contributed by atoms with van der Waals surface area (Å²) in [7, 11) is 4.08. The quantitative estimate of drug-likeness (QED) is 0.270. The third-order valence-corrected chi connectivity index (χ3v) is 4.66. The molecule has 0 aromatic rings. The van der Waals surface area contributed by atoms with Crippen molar-refractivity contribution >= 4 is 45.3 Å². The van der Waals surface area contributed by atoms with Gasteiger partial charge in [0.1, 0.15) is 12.6 Å². The Bertz CT molecular complexity index is 405. The number of hydrogen-bond acceptors (Lipinski definition) is 7. The van der Waals surface area contributed by atoms with Gasteiger partial charge in [-0.2, -0.15) is 0 Å². The lowest BCUT2D eigenvalue weighted by atomic mass is 10.2. The molecule has 0 bridgehead atoms. The summed E-state index contributed by atoms with van der Waals surface area (Å²) in [6.07, 6.45) is -0.0489. The van der Waals surface area contributed by atoms with Gasteiger partial charge in [0.2, 0.25) is 11.8 Å². The van der Waals surface area contributed by atoms with Gasteiger partial charge in [0.25, 0.3) is 0 Å². The average molecular weight is 352 g/mol. The van der Waals surface area contributed by atoms with Crippen LogP contribution >= 0.6 is 21.6 Å². The predicted molar refractivity (Wildman–Crippen MR) is 84.4 cm³/mol. The van der Waals surface area contributed by atoms with Gasteiger partial charge in [0.15, 0.2) is 0 Å². The van der Waals surface area contributed by atoms with E-state index < -0.39 is 17.9 Å². The maximum Gasteiger partial charge on any atom is 0.327 e. The van der Waals surface area contributed by atoms with E-state index in [1.54, 1.807) is 0 Å². The Morgan fingerprint density at radius 3 is 2.32 bits per heavy atom. The van der Waals surface area contributed by atoms with Gasteiger partial charge in [-0.25, -0.2) is 4.79 Å². The van der Waals surface area contributed by atoms with Gasteiger partial charge in [-0.1, -0.05) is 21.6 Å². The molecule has 1 atom stereocenters. The SMILES string of the molecule is CNC(=O)CCC(=O)NC(CSSCCOC(C)=O)C(=O)O. The van der Waals surface area contributed by atoms with Crippen molar-refractivity contribution in [3.05, 3.63) is 0 Å². The normalized spacial score (nSPS) is 11.4. The van der Waals surface area contributed by atoms with Crippen molar-refractivity contribution in [2.24, 2.45) is 0 Å². The second kappa shape index (κ2) is 12.2. The highest BCUT2D eigenvalue weighted by atomic mass is 33.1. The van der Waals surface area contributed by atoms with E-state index in [1.807, 2.05) is 0 Å². The first-order valence-corrected chi connectivity index (χ1v) is 8.96. The zero-order chi connectivity index (χ0) is 17.0. The molecule has 0 aromatic heterocycles. The van der Waals surface area contributed by atoms with E-state index in [1.165, 1.54) is 35.6 Å². The summed E-state index contributed by atoms with van der Waals surface area (Å²) in [5, 5.41) is 13.8. The largest absolute Gasteiger partial charge is 0.480 e.